The maximum Gasteiger partial charge on any atom is 0.139 e. The van der Waals surface area contributed by atoms with Gasteiger partial charge in [-0.2, -0.15) is 0 Å². The van der Waals surface area contributed by atoms with Crippen LogP contribution in [0.25, 0.3) is 22.5 Å². The highest BCUT2D eigenvalue weighted by Crippen LogP contribution is 2.44. The van der Waals surface area contributed by atoms with Gasteiger partial charge in [0.25, 0.3) is 0 Å². The second-order valence-corrected chi connectivity index (χ2v) is 7.84. The van der Waals surface area contributed by atoms with Crippen LogP contribution in [0.4, 0.5) is 10.1 Å². The summed E-state index contributed by atoms with van der Waals surface area (Å²) in [4.78, 5) is 8.82. The first-order valence-electron chi connectivity index (χ1n) is 8.81. The second kappa shape index (κ2) is 7.10. The number of hydrogen-bond acceptors (Lipinski definition) is 3. The summed E-state index contributed by atoms with van der Waals surface area (Å²) < 4.78 is 14.6. The zero-order valence-electron chi connectivity index (χ0n) is 14.8. The molecule has 6 heteroatoms. The van der Waals surface area contributed by atoms with E-state index in [9.17, 15) is 4.39 Å². The Balaban J connectivity index is 1.92. The molecule has 0 bridgehead atoms. The van der Waals surface area contributed by atoms with Crippen LogP contribution in [0.2, 0.25) is 10.2 Å². The summed E-state index contributed by atoms with van der Waals surface area (Å²) >= 11 is 12.9. The van der Waals surface area contributed by atoms with Crippen molar-refractivity contribution in [1.82, 2.24) is 9.97 Å². The quantitative estimate of drug-likeness (QED) is 0.499. The highest BCUT2D eigenvalue weighted by Gasteiger charge is 2.33. The number of hydrogen-bond donors (Lipinski definition) is 1. The normalized spacial score (nSPS) is 15.3. The molecule has 1 aliphatic carbocycles. The molecule has 1 aliphatic rings. The van der Waals surface area contributed by atoms with Crippen molar-refractivity contribution in [2.45, 2.75) is 31.7 Å². The first-order chi connectivity index (χ1) is 13.0. The van der Waals surface area contributed by atoms with E-state index in [1.165, 1.54) is 6.07 Å². The van der Waals surface area contributed by atoms with Gasteiger partial charge in [-0.15, -0.1) is 0 Å². The van der Waals surface area contributed by atoms with Crippen molar-refractivity contribution >= 4 is 28.9 Å². The van der Waals surface area contributed by atoms with Crippen molar-refractivity contribution in [3.05, 3.63) is 64.7 Å². The van der Waals surface area contributed by atoms with Gasteiger partial charge in [0.05, 0.1) is 16.4 Å². The van der Waals surface area contributed by atoms with E-state index in [0.29, 0.717) is 27.7 Å². The second-order valence-electron chi connectivity index (χ2n) is 7.07. The van der Waals surface area contributed by atoms with Crippen molar-refractivity contribution in [1.29, 1.82) is 0 Å². The van der Waals surface area contributed by atoms with E-state index in [4.69, 9.17) is 23.2 Å². The predicted octanol–water partition coefficient (Wildman–Crippen LogP) is 6.61. The molecule has 0 spiro atoms. The molecule has 0 saturated heterocycles. The summed E-state index contributed by atoms with van der Waals surface area (Å²) in [5.41, 5.74) is 2.72. The Labute approximate surface area is 167 Å². The average molecular weight is 402 g/mol. The maximum absolute atomic E-state index is 14.6. The third-order valence-corrected chi connectivity index (χ3v) is 5.60. The fraction of sp³-hybridized carbons (Fsp3) is 0.238. The van der Waals surface area contributed by atoms with E-state index >= 15 is 0 Å². The average Bonchev–Trinajstić information content (AvgIpc) is 2.62. The number of halogens is 3. The summed E-state index contributed by atoms with van der Waals surface area (Å²) in [5, 5.41) is 4.04. The molecule has 1 fully saturated rings. The molecule has 0 radical (unpaired) electrons. The van der Waals surface area contributed by atoms with E-state index in [0.717, 1.165) is 19.3 Å². The number of benzene rings is 1. The van der Waals surface area contributed by atoms with Gasteiger partial charge in [-0.05, 0) is 56.5 Å². The van der Waals surface area contributed by atoms with Crippen molar-refractivity contribution < 1.29 is 4.39 Å². The highest BCUT2D eigenvalue weighted by molar-refractivity contribution is 6.36. The number of pyridine rings is 2. The van der Waals surface area contributed by atoms with Gasteiger partial charge in [-0.3, -0.25) is 4.98 Å². The smallest absolute Gasteiger partial charge is 0.139 e. The topological polar surface area (TPSA) is 37.8 Å². The summed E-state index contributed by atoms with van der Waals surface area (Å²) in [6.07, 6.45) is 4.94. The van der Waals surface area contributed by atoms with Crippen LogP contribution in [0.3, 0.4) is 0 Å². The van der Waals surface area contributed by atoms with Crippen molar-refractivity contribution in [3.8, 4) is 22.5 Å². The molecule has 1 N–H and O–H groups in total. The van der Waals surface area contributed by atoms with Gasteiger partial charge in [-0.25, -0.2) is 9.37 Å². The molecule has 4 rings (SSSR count). The van der Waals surface area contributed by atoms with Gasteiger partial charge >= 0.3 is 0 Å². The predicted molar refractivity (Wildman–Crippen MR) is 109 cm³/mol. The number of aromatic nitrogens is 2. The Morgan fingerprint density at radius 2 is 1.85 bits per heavy atom. The van der Waals surface area contributed by atoms with Gasteiger partial charge in [0.1, 0.15) is 11.0 Å². The molecule has 138 valence electrons. The minimum absolute atomic E-state index is 0.0570. The molecule has 0 unspecified atom stereocenters. The van der Waals surface area contributed by atoms with Gasteiger partial charge in [0, 0.05) is 28.6 Å². The first-order valence-corrected chi connectivity index (χ1v) is 9.57. The monoisotopic (exact) mass is 401 g/mol. The lowest BCUT2D eigenvalue weighted by Gasteiger charge is -2.40. The number of nitrogens with zero attached hydrogens (tertiary/aromatic N) is 2. The van der Waals surface area contributed by atoms with Gasteiger partial charge in [0.2, 0.25) is 0 Å². The van der Waals surface area contributed by atoms with Crippen molar-refractivity contribution in [2.24, 2.45) is 0 Å². The molecule has 1 aromatic carbocycles. The van der Waals surface area contributed by atoms with Crippen molar-refractivity contribution in [3.63, 3.8) is 0 Å². The minimum atomic E-state index is -0.432. The van der Waals surface area contributed by atoms with Gasteiger partial charge in [-0.1, -0.05) is 35.3 Å². The molecule has 0 atom stereocenters. The molecule has 2 aromatic heterocycles. The van der Waals surface area contributed by atoms with Crippen LogP contribution in [-0.4, -0.2) is 15.5 Å². The van der Waals surface area contributed by atoms with E-state index in [1.54, 1.807) is 18.3 Å². The number of nitrogens with one attached hydrogen (secondary N) is 1. The standard InChI is InChI=1S/C21H18Cl2FN3/c1-21(9-5-10-21)27-17-12-16(15-8-2-3-11-25-15)26-20(23)19(17)18-13(22)6-4-7-14(18)24/h2-4,6-8,11-12H,5,9-10H2,1H3,(H,26,27). The molecule has 2 heterocycles. The molecule has 27 heavy (non-hydrogen) atoms. The molecule has 3 nitrogen and oxygen atoms in total. The lowest BCUT2D eigenvalue weighted by atomic mass is 9.78. The maximum atomic E-state index is 14.6. The van der Waals surface area contributed by atoms with E-state index < -0.39 is 5.82 Å². The third-order valence-electron chi connectivity index (χ3n) is 5.01. The summed E-state index contributed by atoms with van der Waals surface area (Å²) in [6, 6.07) is 12.1. The summed E-state index contributed by atoms with van der Waals surface area (Å²) in [7, 11) is 0. The van der Waals surface area contributed by atoms with Crippen LogP contribution in [0.15, 0.2) is 48.7 Å². The SMILES string of the molecule is CC1(Nc2cc(-c3ccccn3)nc(Cl)c2-c2c(F)cccc2Cl)CCC1. The van der Waals surface area contributed by atoms with Crippen LogP contribution in [0.5, 0.6) is 0 Å². The van der Waals surface area contributed by atoms with E-state index in [2.05, 4.69) is 22.2 Å². The van der Waals surface area contributed by atoms with Crippen LogP contribution >= 0.6 is 23.2 Å². The van der Waals surface area contributed by atoms with Crippen molar-refractivity contribution in [2.75, 3.05) is 5.32 Å². The largest absolute Gasteiger partial charge is 0.379 e. The number of anilines is 1. The number of rotatable bonds is 4. The van der Waals surface area contributed by atoms with Crippen LogP contribution in [-0.2, 0) is 0 Å². The van der Waals surface area contributed by atoms with E-state index in [1.807, 2.05) is 24.3 Å². The van der Waals surface area contributed by atoms with Crippen LogP contribution in [0.1, 0.15) is 26.2 Å². The Morgan fingerprint density at radius 1 is 1.04 bits per heavy atom. The van der Waals surface area contributed by atoms with Gasteiger partial charge in [0.15, 0.2) is 0 Å². The Kier molecular flexibility index (Phi) is 4.79. The molecule has 1 saturated carbocycles. The molecular formula is C21H18Cl2FN3. The molecular weight excluding hydrogens is 384 g/mol. The van der Waals surface area contributed by atoms with Crippen LogP contribution in [0, 0.1) is 5.82 Å². The van der Waals surface area contributed by atoms with Crippen LogP contribution < -0.4 is 5.32 Å². The van der Waals surface area contributed by atoms with Gasteiger partial charge < -0.3 is 5.32 Å². The fourth-order valence-corrected chi connectivity index (χ4v) is 3.93. The molecule has 0 aliphatic heterocycles. The summed E-state index contributed by atoms with van der Waals surface area (Å²) in [5.74, 6) is -0.432. The minimum Gasteiger partial charge on any atom is -0.379 e. The molecule has 0 amide bonds. The summed E-state index contributed by atoms with van der Waals surface area (Å²) in [6.45, 7) is 2.15. The Hall–Kier alpha value is -2.17. The third kappa shape index (κ3) is 3.52. The fourth-order valence-electron chi connectivity index (χ4n) is 3.39. The Bertz CT molecular complexity index is 968. The molecule has 3 aromatic rings. The highest BCUT2D eigenvalue weighted by atomic mass is 35.5. The first kappa shape index (κ1) is 18.2. The zero-order valence-corrected chi connectivity index (χ0v) is 16.3. The zero-order chi connectivity index (χ0) is 19.0. The lowest BCUT2D eigenvalue weighted by Crippen LogP contribution is -2.41. The lowest BCUT2D eigenvalue weighted by molar-refractivity contribution is 0.307. The Morgan fingerprint density at radius 3 is 2.48 bits per heavy atom. The van der Waals surface area contributed by atoms with E-state index in [-0.39, 0.29) is 16.3 Å².